The lowest BCUT2D eigenvalue weighted by molar-refractivity contribution is -0.143. The van der Waals surface area contributed by atoms with Crippen molar-refractivity contribution in [1.29, 1.82) is 0 Å². The number of carbonyl (C=O) groups excluding carboxylic acids is 12. The van der Waals surface area contributed by atoms with E-state index in [0.717, 1.165) is 6.92 Å². The number of rotatable bonds is 39. The number of unbranched alkanes of at least 4 members (excludes halogenated alkanes) is 1. The first-order valence-electron chi connectivity index (χ1n) is 27.3. The smallest absolute Gasteiger partial charge is 0.326 e. The van der Waals surface area contributed by atoms with Crippen LogP contribution in [-0.4, -0.2) is 220 Å². The minimum absolute atomic E-state index is 0.0351. The van der Waals surface area contributed by atoms with Crippen molar-refractivity contribution in [3.8, 4) is 0 Å². The van der Waals surface area contributed by atoms with Gasteiger partial charge in [-0.2, -0.15) is 25.3 Å². The van der Waals surface area contributed by atoms with Gasteiger partial charge in [0.25, 0.3) is 0 Å². The SMILES string of the molecule is CC[C@H](C)[C@H](NC(=O)[C@H](CCC(N)=O)NC(=O)CNC(=O)[C@@H](NC(=O)[C@@H](N)CS)[C@@H](C)O)C(=O)N[C@@H](CCCCN)C(=O)N[C@H](C(=O)NCC(=O)N[C@@H](C)C(=O)N1CCC[C@H]1C(=O)N[C@@H](CS)C(=O)N[C@@H](CCCN=C(N)N)C(=O)O)[C@@H](C)O. The highest BCUT2D eigenvalue weighted by Crippen LogP contribution is 2.19. The molecule has 13 atom stereocenters. The number of hydrogen-bond acceptors (Lipinski definition) is 20. The van der Waals surface area contributed by atoms with Gasteiger partial charge >= 0.3 is 5.97 Å². The number of aliphatic imine (C=N–C) groups is 1. The van der Waals surface area contributed by atoms with Crippen molar-refractivity contribution in [1.82, 2.24) is 58.1 Å². The highest BCUT2D eigenvalue weighted by atomic mass is 32.1. The standard InChI is InChI=1S/C49H87N17O16S2/c1-6-23(2)36(63-41(74)29(14-15-33(52)69)59-35(71)20-57-44(77)37(25(4)67)64-39(72)27(51)21-83)46(79)60-28(11-7-8-16-50)40(73)65-38(26(5)68)45(78)56-19-34(70)58-24(3)47(80)66-18-10-13-32(66)43(76)62-31(22-84)42(75)61-30(48(81)82)12-9-17-55-49(53)54/h23-32,36-38,67-68,83-84H,6-22,50-51H2,1-5H3,(H2,52,69)(H,56,78)(H,57,77)(H,58,70)(H,59,71)(H,60,79)(H,61,75)(H,62,76)(H,63,74)(H,64,72)(H,65,73)(H,81,82)(H4,53,54,55)/t23-,24-,25+,26+,27-,28-,29-,30-,31-,32-,36-,37-,38-/m0/s1. The predicted molar refractivity (Wildman–Crippen MR) is 309 cm³/mol. The number of carboxylic acid groups (broad SMARTS) is 1. The predicted octanol–water partition coefficient (Wildman–Crippen LogP) is -8.36. The second-order valence-electron chi connectivity index (χ2n) is 20.1. The average Bonchev–Trinajstić information content (AvgIpc) is 4.12. The van der Waals surface area contributed by atoms with Gasteiger partial charge in [0.15, 0.2) is 5.96 Å². The lowest BCUT2D eigenvalue weighted by atomic mass is 9.96. The van der Waals surface area contributed by atoms with E-state index in [1.807, 2.05) is 0 Å². The van der Waals surface area contributed by atoms with Crippen molar-refractivity contribution in [2.45, 2.75) is 171 Å². The highest BCUT2D eigenvalue weighted by Gasteiger charge is 2.39. The van der Waals surface area contributed by atoms with Crippen LogP contribution < -0.4 is 81.8 Å². The Morgan fingerprint density at radius 3 is 1.62 bits per heavy atom. The largest absolute Gasteiger partial charge is 0.480 e. The van der Waals surface area contributed by atoms with Gasteiger partial charge in [0.2, 0.25) is 70.9 Å². The first kappa shape index (κ1) is 74.9. The second-order valence-corrected chi connectivity index (χ2v) is 20.8. The number of aliphatic hydroxyl groups is 2. The maximum atomic E-state index is 14.1. The number of nitrogens with two attached hydrogens (primary N) is 5. The van der Waals surface area contributed by atoms with Crippen molar-refractivity contribution in [2.75, 3.05) is 44.2 Å². The van der Waals surface area contributed by atoms with E-state index in [9.17, 15) is 77.6 Å². The Hall–Kier alpha value is -7.08. The van der Waals surface area contributed by atoms with Crippen LogP contribution in [0.15, 0.2) is 4.99 Å². The molecule has 0 bridgehead atoms. The summed E-state index contributed by atoms with van der Waals surface area (Å²) in [6.45, 7) is 5.81. The van der Waals surface area contributed by atoms with Crippen LogP contribution in [0.3, 0.4) is 0 Å². The molecule has 1 aliphatic rings. The van der Waals surface area contributed by atoms with Gasteiger partial charge in [-0.1, -0.05) is 20.3 Å². The van der Waals surface area contributed by atoms with E-state index in [0.29, 0.717) is 12.8 Å². The van der Waals surface area contributed by atoms with Crippen LogP contribution in [0.5, 0.6) is 0 Å². The zero-order chi connectivity index (χ0) is 64.0. The normalized spacial score (nSPS) is 17.1. The number of likely N-dealkylation sites (tertiary alicyclic amines) is 1. The average molecular weight is 1230 g/mol. The molecular weight excluding hydrogens is 1150 g/mol. The summed E-state index contributed by atoms with van der Waals surface area (Å²) in [7, 11) is 0. The summed E-state index contributed by atoms with van der Waals surface area (Å²) in [5.74, 6) is -13.2. The van der Waals surface area contributed by atoms with Gasteiger partial charge in [-0.25, -0.2) is 4.79 Å². The van der Waals surface area contributed by atoms with Gasteiger partial charge in [0.05, 0.1) is 31.3 Å². The molecule has 0 spiro atoms. The van der Waals surface area contributed by atoms with E-state index < -0.39 is 175 Å². The number of hydrogen-bond donors (Lipinski definition) is 20. The van der Waals surface area contributed by atoms with Crippen LogP contribution in [-0.2, 0) is 62.3 Å². The van der Waals surface area contributed by atoms with E-state index in [2.05, 4.69) is 83.4 Å². The van der Waals surface area contributed by atoms with Crippen LogP contribution in [0, 0.1) is 5.92 Å². The summed E-state index contributed by atoms with van der Waals surface area (Å²) >= 11 is 8.06. The number of guanidine groups is 1. The fraction of sp³-hybridized carbons (Fsp3) is 0.714. The number of carboxylic acids is 1. The molecule has 23 N–H and O–H groups in total. The molecule has 0 radical (unpaired) electrons. The molecule has 1 fully saturated rings. The lowest BCUT2D eigenvalue weighted by Gasteiger charge is -2.29. The van der Waals surface area contributed by atoms with E-state index in [4.69, 9.17) is 28.7 Å². The third-order valence-electron chi connectivity index (χ3n) is 13.2. The van der Waals surface area contributed by atoms with E-state index in [-0.39, 0.29) is 82.0 Å². The summed E-state index contributed by atoms with van der Waals surface area (Å²) < 4.78 is 0. The first-order chi connectivity index (χ1) is 39.4. The molecule has 1 aliphatic heterocycles. The maximum absolute atomic E-state index is 14.1. The Balaban J connectivity index is 3.13. The molecule has 0 unspecified atom stereocenters. The summed E-state index contributed by atoms with van der Waals surface area (Å²) in [4.78, 5) is 175. The van der Waals surface area contributed by atoms with Crippen LogP contribution in [0.1, 0.15) is 98.8 Å². The van der Waals surface area contributed by atoms with Crippen molar-refractivity contribution < 1.29 is 77.6 Å². The first-order valence-corrected chi connectivity index (χ1v) is 28.6. The van der Waals surface area contributed by atoms with Gasteiger partial charge < -0.3 is 102 Å². The van der Waals surface area contributed by atoms with Gasteiger partial charge in [0, 0.05) is 31.0 Å². The number of thiol groups is 2. The summed E-state index contributed by atoms with van der Waals surface area (Å²) in [5, 5.41) is 54.3. The van der Waals surface area contributed by atoms with Crippen LogP contribution in [0.2, 0.25) is 0 Å². The monoisotopic (exact) mass is 1230 g/mol. The molecule has 1 heterocycles. The Kier molecular flexibility index (Phi) is 34.5. The maximum Gasteiger partial charge on any atom is 0.326 e. The minimum Gasteiger partial charge on any atom is -0.480 e. The molecule has 476 valence electrons. The number of nitrogens with zero attached hydrogens (tertiary/aromatic N) is 2. The summed E-state index contributed by atoms with van der Waals surface area (Å²) in [6.07, 6.45) is -2.25. The zero-order valence-electron chi connectivity index (χ0n) is 47.9. The van der Waals surface area contributed by atoms with Crippen LogP contribution in [0.4, 0.5) is 0 Å². The fourth-order valence-corrected chi connectivity index (χ4v) is 8.57. The van der Waals surface area contributed by atoms with Gasteiger partial charge in [-0.3, -0.25) is 62.5 Å². The number of aliphatic carboxylic acids is 1. The summed E-state index contributed by atoms with van der Waals surface area (Å²) in [6, 6.07) is -13.7. The fourth-order valence-electron chi connectivity index (χ4n) is 8.14. The molecule has 33 nitrogen and oxygen atoms in total. The molecule has 1 saturated heterocycles. The van der Waals surface area contributed by atoms with Gasteiger partial charge in [0.1, 0.15) is 54.4 Å². The minimum atomic E-state index is -1.73. The zero-order valence-corrected chi connectivity index (χ0v) is 49.6. The molecule has 12 amide bonds. The van der Waals surface area contributed by atoms with Crippen molar-refractivity contribution in [3.05, 3.63) is 0 Å². The molecular formula is C49H87N17O16S2. The number of nitrogens with one attached hydrogen (secondary N) is 10. The van der Waals surface area contributed by atoms with E-state index >= 15 is 0 Å². The molecule has 1 rings (SSSR count). The van der Waals surface area contributed by atoms with Crippen molar-refractivity contribution in [2.24, 2.45) is 39.6 Å². The highest BCUT2D eigenvalue weighted by molar-refractivity contribution is 7.80. The van der Waals surface area contributed by atoms with E-state index in [1.54, 1.807) is 13.8 Å². The molecule has 0 aliphatic carbocycles. The number of primary amides is 1. The number of aliphatic hydroxyl groups excluding tert-OH is 2. The number of amides is 12. The second kappa shape index (κ2) is 38.7. The van der Waals surface area contributed by atoms with Crippen molar-refractivity contribution >= 4 is 108 Å². The third-order valence-corrected chi connectivity index (χ3v) is 13.9. The topological polar surface area (TPSA) is 549 Å². The Bertz CT molecular complexity index is 2320. The molecule has 0 aromatic rings. The summed E-state index contributed by atoms with van der Waals surface area (Å²) in [5.41, 5.74) is 27.2. The van der Waals surface area contributed by atoms with E-state index in [1.165, 1.54) is 18.7 Å². The Labute approximate surface area is 497 Å². The lowest BCUT2D eigenvalue weighted by Crippen LogP contribution is -2.61. The van der Waals surface area contributed by atoms with Crippen LogP contribution in [0.25, 0.3) is 0 Å². The molecule has 35 heteroatoms. The number of carbonyl (C=O) groups is 13. The Morgan fingerprint density at radius 1 is 0.607 bits per heavy atom. The molecule has 0 saturated carbocycles. The van der Waals surface area contributed by atoms with Gasteiger partial charge in [-0.05, 0) is 84.6 Å². The quantitative estimate of drug-likeness (QED) is 0.0118. The molecule has 84 heavy (non-hydrogen) atoms. The molecule has 0 aromatic heterocycles. The molecule has 0 aromatic carbocycles. The van der Waals surface area contributed by atoms with Gasteiger partial charge in [-0.15, -0.1) is 0 Å². The third kappa shape index (κ3) is 26.7. The van der Waals surface area contributed by atoms with Crippen molar-refractivity contribution in [3.63, 3.8) is 0 Å². The Morgan fingerprint density at radius 2 is 1.12 bits per heavy atom. The van der Waals surface area contributed by atoms with Crippen LogP contribution >= 0.6 is 25.3 Å².